The Labute approximate surface area is 75.8 Å². The van der Waals surface area contributed by atoms with Gasteiger partial charge in [-0.05, 0) is 19.3 Å². The molecule has 2 N–H and O–H groups in total. The zero-order valence-corrected chi connectivity index (χ0v) is 7.53. The fraction of sp³-hybridized carbons (Fsp3) is 0.444. The average molecular weight is 178 g/mol. The van der Waals surface area contributed by atoms with Crippen LogP contribution < -0.4 is 5.73 Å². The lowest BCUT2D eigenvalue weighted by atomic mass is 9.92. The van der Waals surface area contributed by atoms with Gasteiger partial charge in [0.2, 0.25) is 0 Å². The molecule has 1 aliphatic rings. The van der Waals surface area contributed by atoms with Crippen LogP contribution in [-0.4, -0.2) is 4.98 Å². The van der Waals surface area contributed by atoms with Crippen LogP contribution in [-0.2, 0) is 12.8 Å². The Morgan fingerprint density at radius 2 is 2.50 bits per heavy atom. The summed E-state index contributed by atoms with van der Waals surface area (Å²) in [6.45, 7) is 0. The summed E-state index contributed by atoms with van der Waals surface area (Å²) in [5.41, 5.74) is 6.77. The van der Waals surface area contributed by atoms with E-state index in [0.29, 0.717) is 11.0 Å². The van der Waals surface area contributed by atoms with Crippen LogP contribution in [0.4, 0.5) is 5.13 Å². The van der Waals surface area contributed by atoms with Crippen molar-refractivity contribution in [3.05, 3.63) is 10.6 Å². The summed E-state index contributed by atoms with van der Waals surface area (Å²) in [6.07, 6.45) is 8.40. The van der Waals surface area contributed by atoms with Gasteiger partial charge in [0.1, 0.15) is 0 Å². The molecule has 0 aromatic carbocycles. The van der Waals surface area contributed by atoms with Crippen molar-refractivity contribution in [2.24, 2.45) is 5.92 Å². The highest BCUT2D eigenvalue weighted by Gasteiger charge is 2.20. The molecule has 2 rings (SSSR count). The van der Waals surface area contributed by atoms with E-state index in [4.69, 9.17) is 12.2 Å². The maximum absolute atomic E-state index is 5.60. The molecule has 0 saturated heterocycles. The second-order valence-corrected chi connectivity index (χ2v) is 4.14. The number of aromatic nitrogens is 1. The normalized spacial score (nSPS) is 21.4. The predicted octanol–water partition coefficient (Wildman–Crippen LogP) is 1.46. The standard InChI is InChI=1S/C9H10N2S/c1-2-6-3-4-7-8(5-6)12-9(10)11-7/h1,6H,3-5H2,(H2,10,11). The molecule has 0 fully saturated rings. The fourth-order valence-electron chi connectivity index (χ4n) is 1.54. The number of hydrogen-bond donors (Lipinski definition) is 1. The maximum Gasteiger partial charge on any atom is 0.180 e. The van der Waals surface area contributed by atoms with E-state index < -0.39 is 0 Å². The Balaban J connectivity index is 2.29. The molecule has 3 heteroatoms. The van der Waals surface area contributed by atoms with Gasteiger partial charge in [-0.1, -0.05) is 0 Å². The van der Waals surface area contributed by atoms with Crippen LogP contribution in [0.5, 0.6) is 0 Å². The van der Waals surface area contributed by atoms with Gasteiger partial charge in [-0.15, -0.1) is 23.7 Å². The summed E-state index contributed by atoms with van der Waals surface area (Å²) in [6, 6.07) is 0. The van der Waals surface area contributed by atoms with Gasteiger partial charge >= 0.3 is 0 Å². The smallest absolute Gasteiger partial charge is 0.180 e. The number of fused-ring (bicyclic) bond motifs is 1. The van der Waals surface area contributed by atoms with Crippen molar-refractivity contribution in [3.8, 4) is 12.3 Å². The summed E-state index contributed by atoms with van der Waals surface area (Å²) in [7, 11) is 0. The molecule has 0 spiro atoms. The monoisotopic (exact) mass is 178 g/mol. The summed E-state index contributed by atoms with van der Waals surface area (Å²) in [5.74, 6) is 3.19. The number of nitrogens with two attached hydrogens (primary N) is 1. The number of terminal acetylenes is 1. The first kappa shape index (κ1) is 7.63. The first-order valence-electron chi connectivity index (χ1n) is 4.00. The molecule has 1 unspecified atom stereocenters. The summed E-state index contributed by atoms with van der Waals surface area (Å²) in [5, 5.41) is 0.678. The molecular weight excluding hydrogens is 168 g/mol. The Kier molecular flexibility index (Phi) is 1.78. The van der Waals surface area contributed by atoms with Crippen molar-refractivity contribution < 1.29 is 0 Å². The van der Waals surface area contributed by atoms with Crippen LogP contribution in [0.3, 0.4) is 0 Å². The number of anilines is 1. The minimum absolute atomic E-state index is 0.400. The van der Waals surface area contributed by atoms with Gasteiger partial charge in [-0.2, -0.15) is 0 Å². The number of aryl methyl sites for hydroxylation is 1. The van der Waals surface area contributed by atoms with Crippen molar-refractivity contribution >= 4 is 16.5 Å². The Morgan fingerprint density at radius 1 is 1.67 bits per heavy atom. The van der Waals surface area contributed by atoms with Crippen molar-refractivity contribution in [3.63, 3.8) is 0 Å². The fourth-order valence-corrected chi connectivity index (χ4v) is 2.50. The highest BCUT2D eigenvalue weighted by atomic mass is 32.1. The third-order valence-corrected chi connectivity index (χ3v) is 3.14. The van der Waals surface area contributed by atoms with Crippen LogP contribution in [0.25, 0.3) is 0 Å². The second kappa shape index (κ2) is 2.80. The van der Waals surface area contributed by atoms with E-state index in [1.165, 1.54) is 10.6 Å². The lowest BCUT2D eigenvalue weighted by Crippen LogP contribution is -2.10. The van der Waals surface area contributed by atoms with Crippen LogP contribution >= 0.6 is 11.3 Å². The zero-order valence-electron chi connectivity index (χ0n) is 6.71. The third-order valence-electron chi connectivity index (χ3n) is 2.19. The van der Waals surface area contributed by atoms with E-state index in [1.54, 1.807) is 11.3 Å². The first-order chi connectivity index (χ1) is 5.79. The second-order valence-electron chi connectivity index (χ2n) is 3.03. The zero-order chi connectivity index (χ0) is 8.55. The molecule has 1 atom stereocenters. The molecule has 2 nitrogen and oxygen atoms in total. The molecule has 12 heavy (non-hydrogen) atoms. The highest BCUT2D eigenvalue weighted by molar-refractivity contribution is 7.15. The summed E-state index contributed by atoms with van der Waals surface area (Å²) >= 11 is 1.58. The molecule has 0 bridgehead atoms. The Hall–Kier alpha value is -1.01. The lowest BCUT2D eigenvalue weighted by Gasteiger charge is -2.14. The van der Waals surface area contributed by atoms with Crippen LogP contribution in [0, 0.1) is 18.3 Å². The summed E-state index contributed by atoms with van der Waals surface area (Å²) < 4.78 is 0. The topological polar surface area (TPSA) is 38.9 Å². The summed E-state index contributed by atoms with van der Waals surface area (Å²) in [4.78, 5) is 5.54. The van der Waals surface area contributed by atoms with Gasteiger partial charge in [-0.25, -0.2) is 4.98 Å². The minimum atomic E-state index is 0.400. The largest absolute Gasteiger partial charge is 0.375 e. The molecule has 1 aliphatic carbocycles. The number of rotatable bonds is 0. The van der Waals surface area contributed by atoms with Crippen LogP contribution in [0.1, 0.15) is 17.0 Å². The molecule has 0 saturated carbocycles. The SMILES string of the molecule is C#CC1CCc2nc(N)sc2C1. The Morgan fingerprint density at radius 3 is 3.25 bits per heavy atom. The number of nitrogens with zero attached hydrogens (tertiary/aromatic N) is 1. The van der Waals surface area contributed by atoms with Gasteiger partial charge in [-0.3, -0.25) is 0 Å². The first-order valence-corrected chi connectivity index (χ1v) is 4.81. The third kappa shape index (κ3) is 1.19. The van der Waals surface area contributed by atoms with E-state index >= 15 is 0 Å². The van der Waals surface area contributed by atoms with Crippen molar-refractivity contribution in [2.45, 2.75) is 19.3 Å². The molecule has 1 aromatic heterocycles. The van der Waals surface area contributed by atoms with Gasteiger partial charge in [0.05, 0.1) is 5.69 Å². The average Bonchev–Trinajstić information content (AvgIpc) is 2.43. The van der Waals surface area contributed by atoms with Gasteiger partial charge in [0.15, 0.2) is 5.13 Å². The molecule has 62 valence electrons. The van der Waals surface area contributed by atoms with E-state index in [-0.39, 0.29) is 0 Å². The molecule has 1 aromatic rings. The molecule has 0 aliphatic heterocycles. The highest BCUT2D eigenvalue weighted by Crippen LogP contribution is 2.30. The lowest BCUT2D eigenvalue weighted by molar-refractivity contribution is 0.571. The number of hydrogen-bond acceptors (Lipinski definition) is 3. The molecule has 0 amide bonds. The minimum Gasteiger partial charge on any atom is -0.375 e. The van der Waals surface area contributed by atoms with E-state index in [0.717, 1.165) is 19.3 Å². The maximum atomic E-state index is 5.60. The van der Waals surface area contributed by atoms with E-state index in [1.807, 2.05) is 0 Å². The van der Waals surface area contributed by atoms with E-state index in [9.17, 15) is 0 Å². The Bertz CT molecular complexity index is 335. The van der Waals surface area contributed by atoms with Crippen molar-refractivity contribution in [2.75, 3.05) is 5.73 Å². The van der Waals surface area contributed by atoms with Gasteiger partial charge < -0.3 is 5.73 Å². The van der Waals surface area contributed by atoms with Gasteiger partial charge in [0, 0.05) is 10.8 Å². The number of thiazole rings is 1. The molecule has 1 heterocycles. The molecular formula is C9H10N2S. The van der Waals surface area contributed by atoms with Gasteiger partial charge in [0.25, 0.3) is 0 Å². The number of nitrogen functional groups attached to an aromatic ring is 1. The quantitative estimate of drug-likeness (QED) is 0.611. The van der Waals surface area contributed by atoms with Crippen LogP contribution in [0.15, 0.2) is 0 Å². The van der Waals surface area contributed by atoms with E-state index in [2.05, 4.69) is 10.9 Å². The van der Waals surface area contributed by atoms with Crippen LogP contribution in [0.2, 0.25) is 0 Å². The van der Waals surface area contributed by atoms with Crippen molar-refractivity contribution in [1.29, 1.82) is 0 Å². The predicted molar refractivity (Wildman–Crippen MR) is 50.9 cm³/mol. The van der Waals surface area contributed by atoms with Crippen molar-refractivity contribution in [1.82, 2.24) is 4.98 Å². The molecule has 0 radical (unpaired) electrons.